The Morgan fingerprint density at radius 2 is 1.70 bits per heavy atom. The molecule has 0 aliphatic carbocycles. The summed E-state index contributed by atoms with van der Waals surface area (Å²) in [5, 5.41) is 0.879. The van der Waals surface area contributed by atoms with E-state index >= 15 is 0 Å². The normalized spacial score (nSPS) is 11.2. The van der Waals surface area contributed by atoms with Crippen LogP contribution in [0.15, 0.2) is 57.2 Å². The van der Waals surface area contributed by atoms with Gasteiger partial charge in [-0.25, -0.2) is 14.8 Å². The topological polar surface area (TPSA) is 82.7 Å². The van der Waals surface area contributed by atoms with Gasteiger partial charge in [0, 0.05) is 31.6 Å². The first-order valence-corrected chi connectivity index (χ1v) is 10.4. The molecule has 30 heavy (non-hydrogen) atoms. The Morgan fingerprint density at radius 1 is 0.967 bits per heavy atom. The fourth-order valence-corrected chi connectivity index (χ4v) is 4.32. The standard InChI is InChI=1S/C22H21N5O2S/c1-13-9-14(2)11-15(10-13)18-24-19-17(21(28)27(4)22(29)26(19)3)20(25-18)30-12-16-7-5-6-8-23-16/h5-11H,12H2,1-4H3. The van der Waals surface area contributed by atoms with Crippen molar-refractivity contribution in [1.29, 1.82) is 0 Å². The highest BCUT2D eigenvalue weighted by atomic mass is 32.2. The largest absolute Gasteiger partial charge is 0.332 e. The Hall–Kier alpha value is -3.26. The van der Waals surface area contributed by atoms with Gasteiger partial charge in [-0.05, 0) is 38.1 Å². The molecule has 7 nitrogen and oxygen atoms in total. The molecule has 4 rings (SSSR count). The van der Waals surface area contributed by atoms with Crippen LogP contribution in [0.1, 0.15) is 16.8 Å². The van der Waals surface area contributed by atoms with E-state index in [0.29, 0.717) is 27.6 Å². The van der Waals surface area contributed by atoms with E-state index in [-0.39, 0.29) is 0 Å². The first-order valence-electron chi connectivity index (χ1n) is 9.44. The van der Waals surface area contributed by atoms with Crippen molar-refractivity contribution >= 4 is 22.8 Å². The van der Waals surface area contributed by atoms with Gasteiger partial charge in [0.05, 0.1) is 5.69 Å². The van der Waals surface area contributed by atoms with Gasteiger partial charge in [0.25, 0.3) is 5.56 Å². The molecule has 0 unspecified atom stereocenters. The van der Waals surface area contributed by atoms with Gasteiger partial charge in [0.1, 0.15) is 10.4 Å². The Balaban J connectivity index is 1.96. The van der Waals surface area contributed by atoms with Crippen molar-refractivity contribution in [1.82, 2.24) is 24.1 Å². The van der Waals surface area contributed by atoms with Crippen molar-refractivity contribution in [3.05, 3.63) is 80.3 Å². The summed E-state index contributed by atoms with van der Waals surface area (Å²) in [4.78, 5) is 39.1. The van der Waals surface area contributed by atoms with Crippen molar-refractivity contribution in [2.24, 2.45) is 14.1 Å². The number of thioether (sulfide) groups is 1. The highest BCUT2D eigenvalue weighted by molar-refractivity contribution is 7.98. The summed E-state index contributed by atoms with van der Waals surface area (Å²) < 4.78 is 2.49. The predicted octanol–water partition coefficient (Wildman–Crippen LogP) is 3.00. The third-order valence-electron chi connectivity index (χ3n) is 4.83. The van der Waals surface area contributed by atoms with Gasteiger partial charge in [-0.15, -0.1) is 0 Å². The predicted molar refractivity (Wildman–Crippen MR) is 119 cm³/mol. The summed E-state index contributed by atoms with van der Waals surface area (Å²) in [7, 11) is 3.09. The SMILES string of the molecule is Cc1cc(C)cc(-c2nc(SCc3ccccn3)c3c(=O)n(C)c(=O)n(C)c3n2)c1. The number of aromatic nitrogens is 5. The molecule has 0 N–H and O–H groups in total. The number of benzene rings is 1. The lowest BCUT2D eigenvalue weighted by molar-refractivity contribution is 0.703. The number of hydrogen-bond donors (Lipinski definition) is 0. The van der Waals surface area contributed by atoms with Crippen LogP contribution in [-0.4, -0.2) is 24.1 Å². The third kappa shape index (κ3) is 3.66. The molecule has 1 aromatic carbocycles. The summed E-state index contributed by atoms with van der Waals surface area (Å²) >= 11 is 1.42. The maximum atomic E-state index is 12.9. The minimum absolute atomic E-state index is 0.329. The monoisotopic (exact) mass is 419 g/mol. The molecule has 0 amide bonds. The second kappa shape index (κ2) is 7.87. The summed E-state index contributed by atoms with van der Waals surface area (Å²) in [6, 6.07) is 11.8. The van der Waals surface area contributed by atoms with Crippen LogP contribution < -0.4 is 11.2 Å². The number of fused-ring (bicyclic) bond motifs is 1. The van der Waals surface area contributed by atoms with Crippen molar-refractivity contribution in [3.8, 4) is 11.4 Å². The number of aryl methyl sites for hydroxylation is 3. The average Bonchev–Trinajstić information content (AvgIpc) is 2.74. The number of hydrogen-bond acceptors (Lipinski definition) is 6. The van der Waals surface area contributed by atoms with Crippen LogP contribution in [0.2, 0.25) is 0 Å². The lowest BCUT2D eigenvalue weighted by atomic mass is 10.1. The minimum atomic E-state index is -0.418. The van der Waals surface area contributed by atoms with E-state index in [1.165, 1.54) is 23.4 Å². The second-order valence-electron chi connectivity index (χ2n) is 7.24. The van der Waals surface area contributed by atoms with Crippen LogP contribution in [-0.2, 0) is 19.8 Å². The fourth-order valence-electron chi connectivity index (χ4n) is 3.39. The maximum absolute atomic E-state index is 12.9. The minimum Gasteiger partial charge on any atom is -0.280 e. The van der Waals surface area contributed by atoms with Gasteiger partial charge in [-0.2, -0.15) is 0 Å². The third-order valence-corrected chi connectivity index (χ3v) is 5.84. The summed E-state index contributed by atoms with van der Waals surface area (Å²) in [6.45, 7) is 4.03. The molecule has 0 radical (unpaired) electrons. The molecular formula is C22H21N5O2S. The van der Waals surface area contributed by atoms with E-state index in [9.17, 15) is 9.59 Å². The molecule has 8 heteroatoms. The summed E-state index contributed by atoms with van der Waals surface area (Å²) in [6.07, 6.45) is 1.73. The van der Waals surface area contributed by atoms with Crippen LogP contribution >= 0.6 is 11.8 Å². The van der Waals surface area contributed by atoms with E-state index in [4.69, 9.17) is 4.98 Å². The summed E-state index contributed by atoms with van der Waals surface area (Å²) in [5.41, 5.74) is 3.42. The van der Waals surface area contributed by atoms with E-state index < -0.39 is 11.2 Å². The molecule has 0 fully saturated rings. The zero-order chi connectivity index (χ0) is 21.4. The molecule has 152 valence electrons. The Bertz CT molecular complexity index is 1360. The zero-order valence-corrected chi connectivity index (χ0v) is 18.0. The lowest BCUT2D eigenvalue weighted by Crippen LogP contribution is -2.37. The Morgan fingerprint density at radius 3 is 2.37 bits per heavy atom. The number of rotatable bonds is 4. The van der Waals surface area contributed by atoms with Gasteiger partial charge in [0.2, 0.25) is 0 Å². The summed E-state index contributed by atoms with van der Waals surface area (Å²) in [5.74, 6) is 1.03. The van der Waals surface area contributed by atoms with E-state index in [2.05, 4.69) is 16.0 Å². The quantitative estimate of drug-likeness (QED) is 0.374. The van der Waals surface area contributed by atoms with Gasteiger partial charge in [0.15, 0.2) is 11.5 Å². The van der Waals surface area contributed by atoms with E-state index in [1.807, 2.05) is 44.2 Å². The zero-order valence-electron chi connectivity index (χ0n) is 17.2. The van der Waals surface area contributed by atoms with Crippen molar-refractivity contribution in [3.63, 3.8) is 0 Å². The maximum Gasteiger partial charge on any atom is 0.332 e. The number of nitrogens with zero attached hydrogens (tertiary/aromatic N) is 5. The van der Waals surface area contributed by atoms with Gasteiger partial charge in [-0.3, -0.25) is 18.9 Å². The molecule has 0 spiro atoms. The van der Waals surface area contributed by atoms with E-state index in [0.717, 1.165) is 27.0 Å². The van der Waals surface area contributed by atoms with Crippen LogP contribution in [0.3, 0.4) is 0 Å². The molecule has 3 aromatic heterocycles. The highest BCUT2D eigenvalue weighted by Gasteiger charge is 2.18. The first-order chi connectivity index (χ1) is 14.3. The van der Waals surface area contributed by atoms with Gasteiger partial charge < -0.3 is 0 Å². The Labute approximate surface area is 177 Å². The van der Waals surface area contributed by atoms with Gasteiger partial charge >= 0.3 is 5.69 Å². The van der Waals surface area contributed by atoms with Gasteiger partial charge in [-0.1, -0.05) is 35.0 Å². The van der Waals surface area contributed by atoms with Crippen molar-refractivity contribution < 1.29 is 0 Å². The fraction of sp³-hybridized carbons (Fsp3) is 0.227. The molecule has 3 heterocycles. The molecule has 0 atom stereocenters. The van der Waals surface area contributed by atoms with Crippen LogP contribution in [0.4, 0.5) is 0 Å². The molecule has 4 aromatic rings. The molecule has 0 aliphatic rings. The lowest BCUT2D eigenvalue weighted by Gasteiger charge is -2.12. The molecular weight excluding hydrogens is 398 g/mol. The first kappa shape index (κ1) is 20.0. The van der Waals surface area contributed by atoms with Crippen LogP contribution in [0.5, 0.6) is 0 Å². The van der Waals surface area contributed by atoms with Crippen LogP contribution in [0, 0.1) is 13.8 Å². The second-order valence-corrected chi connectivity index (χ2v) is 8.21. The molecule has 0 saturated heterocycles. The van der Waals surface area contributed by atoms with Crippen LogP contribution in [0.25, 0.3) is 22.4 Å². The average molecular weight is 420 g/mol. The van der Waals surface area contributed by atoms with E-state index in [1.54, 1.807) is 13.2 Å². The number of pyridine rings is 1. The van der Waals surface area contributed by atoms with Crippen molar-refractivity contribution in [2.75, 3.05) is 0 Å². The molecule has 0 saturated carbocycles. The molecule has 0 bridgehead atoms. The Kier molecular flexibility index (Phi) is 5.26. The highest BCUT2D eigenvalue weighted by Crippen LogP contribution is 2.28. The smallest absolute Gasteiger partial charge is 0.280 e. The van der Waals surface area contributed by atoms with Crippen molar-refractivity contribution in [2.45, 2.75) is 24.6 Å². The molecule has 0 aliphatic heterocycles.